The molecule has 0 spiro atoms. The zero-order valence-electron chi connectivity index (χ0n) is 21.1. The number of carbonyl (C=O) groups is 1. The van der Waals surface area contributed by atoms with Crippen molar-refractivity contribution in [1.82, 2.24) is 0 Å². The SMILES string of the molecule is Cc1cccc(C(C)C)c1NC(=O)CN(c1ccc(Oc2ccccc2)cc1)S(=O)(=O)c1ccccc1. The Balaban J connectivity index is 1.65. The van der Waals surface area contributed by atoms with Crippen LogP contribution in [-0.4, -0.2) is 20.9 Å². The maximum atomic E-state index is 13.7. The first-order chi connectivity index (χ1) is 17.8. The molecule has 0 unspecified atom stereocenters. The van der Waals surface area contributed by atoms with Gasteiger partial charge in [-0.05, 0) is 72.5 Å². The zero-order chi connectivity index (χ0) is 26.4. The van der Waals surface area contributed by atoms with Gasteiger partial charge >= 0.3 is 0 Å². The molecule has 0 bridgehead atoms. The molecule has 4 rings (SSSR count). The summed E-state index contributed by atoms with van der Waals surface area (Å²) in [4.78, 5) is 13.4. The minimum atomic E-state index is -4.02. The number of rotatable bonds is 9. The van der Waals surface area contributed by atoms with Crippen molar-refractivity contribution < 1.29 is 17.9 Å². The molecule has 0 aliphatic rings. The smallest absolute Gasteiger partial charge is 0.264 e. The number of ether oxygens (including phenoxy) is 1. The number of carbonyl (C=O) groups excluding carboxylic acids is 1. The summed E-state index contributed by atoms with van der Waals surface area (Å²) in [5, 5.41) is 2.96. The largest absolute Gasteiger partial charge is 0.457 e. The van der Waals surface area contributed by atoms with Crippen molar-refractivity contribution in [3.63, 3.8) is 0 Å². The fourth-order valence-corrected chi connectivity index (χ4v) is 5.43. The molecule has 0 aliphatic carbocycles. The molecule has 6 nitrogen and oxygen atoms in total. The van der Waals surface area contributed by atoms with Gasteiger partial charge in [0.05, 0.1) is 10.6 Å². The van der Waals surface area contributed by atoms with Crippen molar-refractivity contribution in [3.05, 3.63) is 114 Å². The second-order valence-corrected chi connectivity index (χ2v) is 10.8. The quantitative estimate of drug-likeness (QED) is 0.268. The van der Waals surface area contributed by atoms with E-state index in [1.165, 1.54) is 12.1 Å². The van der Waals surface area contributed by atoms with Gasteiger partial charge in [-0.3, -0.25) is 9.10 Å². The Kier molecular flexibility index (Phi) is 7.94. The molecule has 0 radical (unpaired) electrons. The number of para-hydroxylation sites is 2. The molecular formula is C30H30N2O4S. The monoisotopic (exact) mass is 514 g/mol. The minimum Gasteiger partial charge on any atom is -0.457 e. The first-order valence-corrected chi connectivity index (χ1v) is 13.5. The summed E-state index contributed by atoms with van der Waals surface area (Å²) >= 11 is 0. The third-order valence-corrected chi connectivity index (χ3v) is 7.70. The molecule has 0 aliphatic heterocycles. The highest BCUT2D eigenvalue weighted by molar-refractivity contribution is 7.92. The Morgan fingerprint density at radius 1 is 0.811 bits per heavy atom. The van der Waals surface area contributed by atoms with Crippen LogP contribution >= 0.6 is 0 Å². The summed E-state index contributed by atoms with van der Waals surface area (Å²) in [6, 6.07) is 29.9. The van der Waals surface area contributed by atoms with E-state index in [1.807, 2.05) is 55.5 Å². The number of anilines is 2. The van der Waals surface area contributed by atoms with Gasteiger partial charge in [0.25, 0.3) is 10.0 Å². The third-order valence-electron chi connectivity index (χ3n) is 5.91. The molecular weight excluding hydrogens is 484 g/mol. The predicted molar refractivity (Wildman–Crippen MR) is 148 cm³/mol. The molecule has 0 heterocycles. The third kappa shape index (κ3) is 6.19. The lowest BCUT2D eigenvalue weighted by Gasteiger charge is -2.25. The van der Waals surface area contributed by atoms with E-state index in [-0.39, 0.29) is 17.4 Å². The van der Waals surface area contributed by atoms with Gasteiger partial charge in [0.2, 0.25) is 5.91 Å². The lowest BCUT2D eigenvalue weighted by Crippen LogP contribution is -2.38. The van der Waals surface area contributed by atoms with Gasteiger partial charge in [0, 0.05) is 5.69 Å². The summed E-state index contributed by atoms with van der Waals surface area (Å²) in [5.41, 5.74) is 2.98. The molecule has 0 saturated heterocycles. The van der Waals surface area contributed by atoms with E-state index in [0.717, 1.165) is 15.4 Å². The summed E-state index contributed by atoms with van der Waals surface area (Å²) < 4.78 is 34.3. The lowest BCUT2D eigenvalue weighted by molar-refractivity contribution is -0.114. The van der Waals surface area contributed by atoms with Crippen LogP contribution in [0.3, 0.4) is 0 Å². The van der Waals surface area contributed by atoms with Gasteiger partial charge in [-0.2, -0.15) is 0 Å². The second-order valence-electron chi connectivity index (χ2n) is 8.98. The van der Waals surface area contributed by atoms with Crippen LogP contribution in [0, 0.1) is 6.92 Å². The fraction of sp³-hybridized carbons (Fsp3) is 0.167. The first kappa shape index (κ1) is 26.0. The topological polar surface area (TPSA) is 75.7 Å². The highest BCUT2D eigenvalue weighted by Crippen LogP contribution is 2.30. The van der Waals surface area contributed by atoms with Crippen LogP contribution in [0.15, 0.2) is 108 Å². The van der Waals surface area contributed by atoms with Gasteiger partial charge < -0.3 is 10.1 Å². The molecule has 1 amide bonds. The van der Waals surface area contributed by atoms with Crippen molar-refractivity contribution in [2.75, 3.05) is 16.2 Å². The number of aryl methyl sites for hydroxylation is 1. The summed E-state index contributed by atoms with van der Waals surface area (Å²) in [6.07, 6.45) is 0. The van der Waals surface area contributed by atoms with E-state index in [4.69, 9.17) is 4.74 Å². The second kappa shape index (κ2) is 11.3. The van der Waals surface area contributed by atoms with Crippen molar-refractivity contribution in [2.24, 2.45) is 0 Å². The number of benzene rings is 4. The highest BCUT2D eigenvalue weighted by Gasteiger charge is 2.27. The summed E-state index contributed by atoms with van der Waals surface area (Å²) in [6.45, 7) is 5.64. The van der Waals surface area contributed by atoms with Gasteiger partial charge in [-0.1, -0.05) is 68.4 Å². The Bertz CT molecular complexity index is 1450. The molecule has 0 atom stereocenters. The van der Waals surface area contributed by atoms with E-state index in [0.29, 0.717) is 22.9 Å². The van der Waals surface area contributed by atoms with Gasteiger partial charge in [-0.15, -0.1) is 0 Å². The Morgan fingerprint density at radius 3 is 2.03 bits per heavy atom. The zero-order valence-corrected chi connectivity index (χ0v) is 21.9. The number of amides is 1. The number of hydrogen-bond acceptors (Lipinski definition) is 4. The van der Waals surface area contributed by atoms with E-state index in [2.05, 4.69) is 19.2 Å². The van der Waals surface area contributed by atoms with E-state index >= 15 is 0 Å². The van der Waals surface area contributed by atoms with Crippen LogP contribution in [-0.2, 0) is 14.8 Å². The van der Waals surface area contributed by atoms with Gasteiger partial charge in [-0.25, -0.2) is 8.42 Å². The fourth-order valence-electron chi connectivity index (χ4n) is 3.99. The molecule has 37 heavy (non-hydrogen) atoms. The lowest BCUT2D eigenvalue weighted by atomic mass is 9.98. The van der Waals surface area contributed by atoms with Crippen LogP contribution in [0.25, 0.3) is 0 Å². The van der Waals surface area contributed by atoms with Crippen LogP contribution in [0.4, 0.5) is 11.4 Å². The molecule has 0 fully saturated rings. The first-order valence-electron chi connectivity index (χ1n) is 12.1. The maximum absolute atomic E-state index is 13.7. The van der Waals surface area contributed by atoms with Crippen molar-refractivity contribution in [1.29, 1.82) is 0 Å². The molecule has 4 aromatic rings. The van der Waals surface area contributed by atoms with E-state index in [1.54, 1.807) is 42.5 Å². The molecule has 190 valence electrons. The van der Waals surface area contributed by atoms with Crippen molar-refractivity contribution in [3.8, 4) is 11.5 Å². The van der Waals surface area contributed by atoms with Crippen LogP contribution < -0.4 is 14.4 Å². The van der Waals surface area contributed by atoms with Gasteiger partial charge in [0.1, 0.15) is 18.0 Å². The van der Waals surface area contributed by atoms with Crippen LogP contribution in [0.1, 0.15) is 30.9 Å². The Morgan fingerprint density at radius 2 is 1.41 bits per heavy atom. The molecule has 0 aromatic heterocycles. The average molecular weight is 515 g/mol. The molecule has 4 aromatic carbocycles. The maximum Gasteiger partial charge on any atom is 0.264 e. The van der Waals surface area contributed by atoms with Crippen molar-refractivity contribution >= 4 is 27.3 Å². The van der Waals surface area contributed by atoms with Crippen molar-refractivity contribution in [2.45, 2.75) is 31.6 Å². The Hall–Kier alpha value is -4.10. The predicted octanol–water partition coefficient (Wildman–Crippen LogP) is 6.74. The molecule has 0 saturated carbocycles. The van der Waals surface area contributed by atoms with E-state index in [9.17, 15) is 13.2 Å². The highest BCUT2D eigenvalue weighted by atomic mass is 32.2. The standard InChI is InChI=1S/C30H30N2O4S/c1-22(2)28-16-10-11-23(3)30(28)31-29(33)21-32(37(34,35)27-14-8-5-9-15-27)24-17-19-26(20-18-24)36-25-12-6-4-7-13-25/h4-20,22H,21H2,1-3H3,(H,31,33). The van der Waals surface area contributed by atoms with E-state index < -0.39 is 15.9 Å². The van der Waals surface area contributed by atoms with Crippen LogP contribution in [0.2, 0.25) is 0 Å². The number of nitrogens with one attached hydrogen (secondary N) is 1. The minimum absolute atomic E-state index is 0.103. The number of nitrogens with zero attached hydrogens (tertiary/aromatic N) is 1. The Labute approximate surface area is 218 Å². The van der Waals surface area contributed by atoms with Crippen LogP contribution in [0.5, 0.6) is 11.5 Å². The van der Waals surface area contributed by atoms with Gasteiger partial charge in [0.15, 0.2) is 0 Å². The average Bonchev–Trinajstić information content (AvgIpc) is 2.90. The number of sulfonamides is 1. The number of hydrogen-bond donors (Lipinski definition) is 1. The normalized spacial score (nSPS) is 11.2. The summed E-state index contributed by atoms with van der Waals surface area (Å²) in [7, 11) is -4.02. The summed E-state index contributed by atoms with van der Waals surface area (Å²) in [5.74, 6) is 0.984. The molecule has 7 heteroatoms. The molecule has 1 N–H and O–H groups in total.